The van der Waals surface area contributed by atoms with Gasteiger partial charge in [0, 0.05) is 10.6 Å². The lowest BCUT2D eigenvalue weighted by atomic mass is 10.1. The summed E-state index contributed by atoms with van der Waals surface area (Å²) in [6.45, 7) is 2.26. The van der Waals surface area contributed by atoms with Gasteiger partial charge in [0.2, 0.25) is 0 Å². The van der Waals surface area contributed by atoms with Crippen molar-refractivity contribution >= 4 is 17.4 Å². The molecule has 2 aromatic carbocycles. The molecule has 0 amide bonds. The molecule has 2 aromatic rings. The Kier molecular flexibility index (Phi) is 5.67. The van der Waals surface area contributed by atoms with Crippen LogP contribution in [-0.4, -0.2) is 26.1 Å². The van der Waals surface area contributed by atoms with Crippen LogP contribution in [0.25, 0.3) is 0 Å². The number of hydrogen-bond acceptors (Lipinski definition) is 4. The number of benzene rings is 2. The van der Waals surface area contributed by atoms with Gasteiger partial charge in [0.1, 0.15) is 19.0 Å². The van der Waals surface area contributed by atoms with Gasteiger partial charge in [-0.1, -0.05) is 11.6 Å². The Bertz CT molecular complexity index is 638. The summed E-state index contributed by atoms with van der Waals surface area (Å²) >= 11 is 5.80. The van der Waals surface area contributed by atoms with Crippen LogP contribution in [0.15, 0.2) is 42.5 Å². The smallest absolute Gasteiger partial charge is 0.161 e. The van der Waals surface area contributed by atoms with Gasteiger partial charge in [-0.15, -0.1) is 0 Å². The van der Waals surface area contributed by atoms with Crippen LogP contribution in [0.1, 0.15) is 17.3 Å². The normalized spacial score (nSPS) is 10.1. The number of methoxy groups -OCH3 is 1. The lowest BCUT2D eigenvalue weighted by molar-refractivity contribution is 0.101. The van der Waals surface area contributed by atoms with Crippen molar-refractivity contribution in [3.8, 4) is 17.2 Å². The van der Waals surface area contributed by atoms with E-state index in [1.807, 2.05) is 0 Å². The van der Waals surface area contributed by atoms with Crippen LogP contribution < -0.4 is 14.2 Å². The summed E-state index contributed by atoms with van der Waals surface area (Å²) in [5.74, 6) is 1.81. The van der Waals surface area contributed by atoms with Crippen LogP contribution in [0, 0.1) is 0 Å². The third-order valence-corrected chi connectivity index (χ3v) is 3.25. The third-order valence-electron chi connectivity index (χ3n) is 2.99. The van der Waals surface area contributed by atoms with Crippen molar-refractivity contribution in [2.45, 2.75) is 6.92 Å². The monoisotopic (exact) mass is 320 g/mol. The van der Waals surface area contributed by atoms with Crippen LogP contribution in [0.3, 0.4) is 0 Å². The zero-order valence-electron chi connectivity index (χ0n) is 12.5. The van der Waals surface area contributed by atoms with Crippen LogP contribution in [0.2, 0.25) is 5.02 Å². The van der Waals surface area contributed by atoms with Gasteiger partial charge in [0.15, 0.2) is 17.3 Å². The van der Waals surface area contributed by atoms with Crippen molar-refractivity contribution in [2.75, 3.05) is 20.3 Å². The van der Waals surface area contributed by atoms with Gasteiger partial charge in [-0.05, 0) is 49.4 Å². The average molecular weight is 321 g/mol. The molecule has 0 aliphatic carbocycles. The van der Waals surface area contributed by atoms with E-state index >= 15 is 0 Å². The molecule has 0 saturated heterocycles. The first-order chi connectivity index (χ1) is 10.6. The summed E-state index contributed by atoms with van der Waals surface area (Å²) in [6.07, 6.45) is 0. The van der Waals surface area contributed by atoms with E-state index in [9.17, 15) is 4.79 Å². The highest BCUT2D eigenvalue weighted by Crippen LogP contribution is 2.28. The molecule has 0 spiro atoms. The first-order valence-corrected chi connectivity index (χ1v) is 7.18. The van der Waals surface area contributed by atoms with Gasteiger partial charge in [-0.25, -0.2) is 0 Å². The Hall–Kier alpha value is -2.20. The first-order valence-electron chi connectivity index (χ1n) is 6.80. The molecule has 0 fully saturated rings. The van der Waals surface area contributed by atoms with Crippen molar-refractivity contribution in [1.29, 1.82) is 0 Å². The maximum atomic E-state index is 11.3. The van der Waals surface area contributed by atoms with Gasteiger partial charge in [0.25, 0.3) is 0 Å². The number of Topliss-reactive ketones (excluding diaryl/α,β-unsaturated/α-hetero) is 1. The minimum Gasteiger partial charge on any atom is -0.493 e. The second-order valence-electron chi connectivity index (χ2n) is 4.57. The van der Waals surface area contributed by atoms with Gasteiger partial charge in [-0.3, -0.25) is 4.79 Å². The molecule has 22 heavy (non-hydrogen) atoms. The molecule has 0 saturated carbocycles. The minimum absolute atomic E-state index is 0.0177. The lowest BCUT2D eigenvalue weighted by Crippen LogP contribution is -2.09. The number of rotatable bonds is 7. The summed E-state index contributed by atoms with van der Waals surface area (Å²) in [5.41, 5.74) is 0.585. The fraction of sp³-hybridized carbons (Fsp3) is 0.235. The number of carbonyl (C=O) groups is 1. The maximum absolute atomic E-state index is 11.3. The van der Waals surface area contributed by atoms with Crippen molar-refractivity contribution in [1.82, 2.24) is 0 Å². The fourth-order valence-corrected chi connectivity index (χ4v) is 1.97. The molecule has 2 rings (SSSR count). The van der Waals surface area contributed by atoms with Crippen LogP contribution >= 0.6 is 11.6 Å². The predicted octanol–water partition coefficient (Wildman–Crippen LogP) is 4.01. The molecule has 0 radical (unpaired) electrons. The number of hydrogen-bond donors (Lipinski definition) is 0. The Balaban J connectivity index is 1.88. The van der Waals surface area contributed by atoms with Crippen LogP contribution in [0.4, 0.5) is 0 Å². The molecule has 0 aliphatic rings. The van der Waals surface area contributed by atoms with Crippen molar-refractivity contribution in [3.63, 3.8) is 0 Å². The molecule has 5 heteroatoms. The van der Waals surface area contributed by atoms with Crippen LogP contribution in [-0.2, 0) is 0 Å². The number of halogens is 1. The summed E-state index contributed by atoms with van der Waals surface area (Å²) in [6, 6.07) is 12.2. The van der Waals surface area contributed by atoms with E-state index in [-0.39, 0.29) is 5.78 Å². The van der Waals surface area contributed by atoms with Gasteiger partial charge >= 0.3 is 0 Å². The average Bonchev–Trinajstić information content (AvgIpc) is 2.53. The first kappa shape index (κ1) is 16.2. The predicted molar refractivity (Wildman–Crippen MR) is 85.4 cm³/mol. The highest BCUT2D eigenvalue weighted by Gasteiger charge is 2.08. The topological polar surface area (TPSA) is 44.8 Å². The molecule has 0 heterocycles. The van der Waals surface area contributed by atoms with E-state index < -0.39 is 0 Å². The molecular formula is C17H17ClO4. The van der Waals surface area contributed by atoms with E-state index in [4.69, 9.17) is 25.8 Å². The van der Waals surface area contributed by atoms with Crippen LogP contribution in [0.5, 0.6) is 17.2 Å². The number of carbonyl (C=O) groups excluding carboxylic acids is 1. The molecular weight excluding hydrogens is 304 g/mol. The molecule has 0 unspecified atom stereocenters. The largest absolute Gasteiger partial charge is 0.493 e. The van der Waals surface area contributed by atoms with Crippen molar-refractivity contribution < 1.29 is 19.0 Å². The zero-order chi connectivity index (χ0) is 15.9. The Morgan fingerprint density at radius 3 is 2.32 bits per heavy atom. The Morgan fingerprint density at radius 2 is 1.68 bits per heavy atom. The summed E-state index contributed by atoms with van der Waals surface area (Å²) < 4.78 is 16.4. The molecule has 4 nitrogen and oxygen atoms in total. The summed E-state index contributed by atoms with van der Waals surface area (Å²) in [5, 5.41) is 0.666. The molecule has 0 bridgehead atoms. The maximum Gasteiger partial charge on any atom is 0.161 e. The summed E-state index contributed by atoms with van der Waals surface area (Å²) in [7, 11) is 1.54. The van der Waals surface area contributed by atoms with E-state index in [2.05, 4.69) is 0 Å². The highest BCUT2D eigenvalue weighted by molar-refractivity contribution is 6.30. The molecule has 116 valence electrons. The van der Waals surface area contributed by atoms with Crippen molar-refractivity contribution in [3.05, 3.63) is 53.1 Å². The molecule has 0 aliphatic heterocycles. The van der Waals surface area contributed by atoms with Gasteiger partial charge in [-0.2, -0.15) is 0 Å². The van der Waals surface area contributed by atoms with Gasteiger partial charge < -0.3 is 14.2 Å². The van der Waals surface area contributed by atoms with Crippen molar-refractivity contribution in [2.24, 2.45) is 0 Å². The Labute approximate surface area is 134 Å². The minimum atomic E-state index is -0.0177. The van der Waals surface area contributed by atoms with E-state index in [1.165, 1.54) is 14.0 Å². The zero-order valence-corrected chi connectivity index (χ0v) is 13.2. The second-order valence-corrected chi connectivity index (χ2v) is 5.01. The molecule has 0 N–H and O–H groups in total. The third kappa shape index (κ3) is 4.40. The second kappa shape index (κ2) is 7.71. The van der Waals surface area contributed by atoms with E-state index in [0.29, 0.717) is 35.3 Å². The lowest BCUT2D eigenvalue weighted by Gasteiger charge is -2.12. The number of ketones is 1. The van der Waals surface area contributed by atoms with E-state index in [0.717, 1.165) is 5.75 Å². The summed E-state index contributed by atoms with van der Waals surface area (Å²) in [4.78, 5) is 11.3. The molecule has 0 aromatic heterocycles. The SMILES string of the molecule is COc1cc(C(C)=O)ccc1OCCOc1ccc(Cl)cc1. The Morgan fingerprint density at radius 1 is 1.00 bits per heavy atom. The molecule has 0 atom stereocenters. The van der Waals surface area contributed by atoms with E-state index in [1.54, 1.807) is 42.5 Å². The fourth-order valence-electron chi connectivity index (χ4n) is 1.85. The number of ether oxygens (including phenoxy) is 3. The quantitative estimate of drug-likeness (QED) is 0.571. The standard InChI is InChI=1S/C17H17ClO4/c1-12(19)13-3-8-16(17(11-13)20-2)22-10-9-21-15-6-4-14(18)5-7-15/h3-8,11H,9-10H2,1-2H3. The van der Waals surface area contributed by atoms with Gasteiger partial charge in [0.05, 0.1) is 7.11 Å². The highest BCUT2D eigenvalue weighted by atomic mass is 35.5.